The van der Waals surface area contributed by atoms with Gasteiger partial charge in [0.25, 0.3) is 5.56 Å². The van der Waals surface area contributed by atoms with Crippen LogP contribution in [0.1, 0.15) is 27.0 Å². The third-order valence-corrected chi connectivity index (χ3v) is 4.69. The van der Waals surface area contributed by atoms with Gasteiger partial charge in [0.1, 0.15) is 0 Å². The number of fused-ring (bicyclic) bond motifs is 1. The Hall–Kier alpha value is -3.41. The minimum absolute atomic E-state index is 0.0617. The summed E-state index contributed by atoms with van der Waals surface area (Å²) >= 11 is 0. The molecule has 0 aromatic carbocycles. The van der Waals surface area contributed by atoms with Crippen molar-refractivity contribution in [1.29, 1.82) is 0 Å². The van der Waals surface area contributed by atoms with Crippen LogP contribution in [0.25, 0.3) is 11.0 Å². The van der Waals surface area contributed by atoms with Gasteiger partial charge in [0.15, 0.2) is 30.2 Å². The van der Waals surface area contributed by atoms with E-state index in [0.717, 1.165) is 0 Å². The molecule has 0 saturated carbocycles. The Kier molecular flexibility index (Phi) is 6.29. The second kappa shape index (κ2) is 8.76. The number of carbonyl (C=O) groups excluding carboxylic acids is 3. The van der Waals surface area contributed by atoms with E-state index in [9.17, 15) is 19.2 Å². The van der Waals surface area contributed by atoms with Gasteiger partial charge in [-0.15, -0.1) is 0 Å². The number of hydrogen-bond donors (Lipinski definition) is 0. The zero-order valence-electron chi connectivity index (χ0n) is 17.7. The summed E-state index contributed by atoms with van der Waals surface area (Å²) in [6.45, 7) is 3.41. The van der Waals surface area contributed by atoms with Crippen LogP contribution >= 0.6 is 0 Å². The molecule has 1 fully saturated rings. The van der Waals surface area contributed by atoms with Gasteiger partial charge in [-0.25, -0.2) is 0 Å². The van der Waals surface area contributed by atoms with Crippen LogP contribution < -0.4 is 10.3 Å². The van der Waals surface area contributed by atoms with Crippen molar-refractivity contribution in [2.45, 2.75) is 45.3 Å². The zero-order chi connectivity index (χ0) is 22.9. The standard InChI is InChI=1S/C19H23N3O9/c1-9(23)29-13-8-28-18(15(31-11(3)25)14(13)30-10(2)24)22-7-6-12-16(22)20-19(27-5)21(4)17(12)26/h6-7,13-15,18H,8H2,1-5H3/t13-,14+,15+,18+/m0/s1. The van der Waals surface area contributed by atoms with Crippen molar-refractivity contribution in [2.75, 3.05) is 13.7 Å². The van der Waals surface area contributed by atoms with Crippen molar-refractivity contribution in [3.8, 4) is 6.01 Å². The third kappa shape index (κ3) is 4.38. The number of aromatic nitrogens is 3. The normalized spacial score (nSPS) is 23.3. The fourth-order valence-corrected chi connectivity index (χ4v) is 3.51. The molecule has 1 aliphatic rings. The van der Waals surface area contributed by atoms with E-state index < -0.39 is 42.4 Å². The molecular weight excluding hydrogens is 414 g/mol. The molecule has 0 aliphatic carbocycles. The molecule has 12 nitrogen and oxygen atoms in total. The van der Waals surface area contributed by atoms with Crippen molar-refractivity contribution in [3.63, 3.8) is 0 Å². The van der Waals surface area contributed by atoms with Gasteiger partial charge in [0.05, 0.1) is 19.1 Å². The largest absolute Gasteiger partial charge is 0.468 e. The van der Waals surface area contributed by atoms with Gasteiger partial charge in [-0.3, -0.25) is 23.7 Å². The zero-order valence-corrected chi connectivity index (χ0v) is 17.7. The van der Waals surface area contributed by atoms with Gasteiger partial charge in [-0.2, -0.15) is 4.98 Å². The molecule has 168 valence electrons. The predicted molar refractivity (Wildman–Crippen MR) is 103 cm³/mol. The number of carbonyl (C=O) groups is 3. The second-order valence-electron chi connectivity index (χ2n) is 6.94. The highest BCUT2D eigenvalue weighted by Gasteiger charge is 2.48. The predicted octanol–water partition coefficient (Wildman–Crippen LogP) is 0.0675. The Morgan fingerprint density at radius 1 is 1.06 bits per heavy atom. The third-order valence-electron chi connectivity index (χ3n) is 4.69. The molecule has 0 unspecified atom stereocenters. The lowest BCUT2D eigenvalue weighted by molar-refractivity contribution is -0.239. The van der Waals surface area contributed by atoms with Crippen molar-refractivity contribution in [2.24, 2.45) is 7.05 Å². The fourth-order valence-electron chi connectivity index (χ4n) is 3.51. The molecule has 1 aliphatic heterocycles. The Bertz CT molecular complexity index is 1070. The van der Waals surface area contributed by atoms with Gasteiger partial charge >= 0.3 is 23.9 Å². The summed E-state index contributed by atoms with van der Waals surface area (Å²) in [5.74, 6) is -1.95. The second-order valence-corrected chi connectivity index (χ2v) is 6.94. The van der Waals surface area contributed by atoms with Crippen LogP contribution in [0.5, 0.6) is 6.01 Å². The Morgan fingerprint density at radius 2 is 1.68 bits per heavy atom. The van der Waals surface area contributed by atoms with E-state index >= 15 is 0 Å². The molecule has 0 radical (unpaired) electrons. The maximum Gasteiger partial charge on any atom is 0.303 e. The van der Waals surface area contributed by atoms with E-state index in [1.165, 1.54) is 56.3 Å². The molecule has 0 spiro atoms. The van der Waals surface area contributed by atoms with Crippen LogP contribution in [0.4, 0.5) is 0 Å². The highest BCUT2D eigenvalue weighted by molar-refractivity contribution is 5.75. The lowest BCUT2D eigenvalue weighted by Gasteiger charge is -2.40. The number of nitrogens with zero attached hydrogens (tertiary/aromatic N) is 3. The molecule has 31 heavy (non-hydrogen) atoms. The molecule has 2 aromatic heterocycles. The number of ether oxygens (including phenoxy) is 5. The Labute approximate surface area is 176 Å². The lowest BCUT2D eigenvalue weighted by atomic mass is 10.0. The monoisotopic (exact) mass is 437 g/mol. The number of esters is 3. The maximum atomic E-state index is 12.6. The summed E-state index contributed by atoms with van der Waals surface area (Å²) in [5, 5.41) is 0.277. The van der Waals surface area contributed by atoms with Gasteiger partial charge in [-0.05, 0) is 6.07 Å². The highest BCUT2D eigenvalue weighted by atomic mass is 16.6. The van der Waals surface area contributed by atoms with Crippen molar-refractivity contribution in [1.82, 2.24) is 14.1 Å². The van der Waals surface area contributed by atoms with E-state index in [-0.39, 0.29) is 29.2 Å². The smallest absolute Gasteiger partial charge is 0.303 e. The molecular formula is C19H23N3O9. The van der Waals surface area contributed by atoms with E-state index in [4.69, 9.17) is 23.7 Å². The topological polar surface area (TPSA) is 137 Å². The average molecular weight is 437 g/mol. The molecule has 0 bridgehead atoms. The molecule has 0 amide bonds. The van der Waals surface area contributed by atoms with Crippen LogP contribution in [0.2, 0.25) is 0 Å². The number of rotatable bonds is 5. The van der Waals surface area contributed by atoms with Gasteiger partial charge in [-0.1, -0.05) is 0 Å². The van der Waals surface area contributed by atoms with E-state index in [0.29, 0.717) is 0 Å². The average Bonchev–Trinajstić information content (AvgIpc) is 3.10. The van der Waals surface area contributed by atoms with E-state index in [2.05, 4.69) is 4.98 Å². The molecule has 3 heterocycles. The van der Waals surface area contributed by atoms with Gasteiger partial charge in [0.2, 0.25) is 0 Å². The summed E-state index contributed by atoms with van der Waals surface area (Å²) in [6.07, 6.45) is -2.82. The first-order valence-corrected chi connectivity index (χ1v) is 9.38. The van der Waals surface area contributed by atoms with Crippen LogP contribution in [0.3, 0.4) is 0 Å². The minimum Gasteiger partial charge on any atom is -0.468 e. The number of hydrogen-bond acceptors (Lipinski definition) is 10. The first-order chi connectivity index (χ1) is 14.6. The summed E-state index contributed by atoms with van der Waals surface area (Å²) in [6, 6.07) is 1.60. The van der Waals surface area contributed by atoms with Crippen LogP contribution in [-0.4, -0.2) is 64.1 Å². The molecule has 3 rings (SSSR count). The van der Waals surface area contributed by atoms with Crippen molar-refractivity contribution in [3.05, 3.63) is 22.6 Å². The van der Waals surface area contributed by atoms with Gasteiger partial charge in [0, 0.05) is 34.0 Å². The maximum absolute atomic E-state index is 12.6. The number of methoxy groups -OCH3 is 1. The van der Waals surface area contributed by atoms with E-state index in [1.807, 2.05) is 0 Å². The summed E-state index contributed by atoms with van der Waals surface area (Å²) in [4.78, 5) is 52.0. The highest BCUT2D eigenvalue weighted by Crippen LogP contribution is 2.32. The Morgan fingerprint density at radius 3 is 2.26 bits per heavy atom. The van der Waals surface area contributed by atoms with Gasteiger partial charge < -0.3 is 28.3 Å². The van der Waals surface area contributed by atoms with Crippen LogP contribution in [0.15, 0.2) is 17.1 Å². The quantitative estimate of drug-likeness (QED) is 0.466. The van der Waals surface area contributed by atoms with E-state index in [1.54, 1.807) is 0 Å². The Balaban J connectivity index is 2.11. The lowest BCUT2D eigenvalue weighted by Crippen LogP contribution is -2.55. The molecule has 4 atom stereocenters. The van der Waals surface area contributed by atoms with Crippen LogP contribution in [-0.2, 0) is 40.4 Å². The first kappa shape index (κ1) is 22.3. The SMILES string of the molecule is COc1nc2c(ccn2[C@@H]2OC[C@H](OC(C)=O)[C@@H](OC(C)=O)[C@H]2OC(C)=O)c(=O)n1C. The molecule has 1 saturated heterocycles. The van der Waals surface area contributed by atoms with Crippen molar-refractivity contribution >= 4 is 28.9 Å². The summed E-state index contributed by atoms with van der Waals surface area (Å²) < 4.78 is 29.7. The van der Waals surface area contributed by atoms with Crippen molar-refractivity contribution < 1.29 is 38.1 Å². The van der Waals surface area contributed by atoms with Crippen LogP contribution in [0, 0.1) is 0 Å². The minimum atomic E-state index is -1.19. The fraction of sp³-hybridized carbons (Fsp3) is 0.526. The molecule has 12 heteroatoms. The molecule has 2 aromatic rings. The molecule has 0 N–H and O–H groups in total. The summed E-state index contributed by atoms with van der Waals surface area (Å²) in [7, 11) is 2.89. The first-order valence-electron chi connectivity index (χ1n) is 9.38. The summed E-state index contributed by atoms with van der Waals surface area (Å²) in [5.41, 5.74) is -0.135.